The average Bonchev–Trinajstić information content (AvgIpc) is 2.64. The van der Waals surface area contributed by atoms with Crippen LogP contribution in [0.4, 0.5) is 4.79 Å². The van der Waals surface area contributed by atoms with Crippen molar-refractivity contribution in [1.29, 1.82) is 0 Å². The minimum atomic E-state index is -0.896. The van der Waals surface area contributed by atoms with Gasteiger partial charge in [-0.05, 0) is 12.2 Å². The normalized spacial score (nSPS) is 25.8. The van der Waals surface area contributed by atoms with Gasteiger partial charge < -0.3 is 14.9 Å². The molecule has 2 heterocycles. The summed E-state index contributed by atoms with van der Waals surface area (Å²) in [4.78, 5) is 26.6. The summed E-state index contributed by atoms with van der Waals surface area (Å²) in [6, 6.07) is -0.756. The van der Waals surface area contributed by atoms with Crippen LogP contribution in [0.3, 0.4) is 0 Å². The lowest BCUT2D eigenvalue weighted by Crippen LogP contribution is -2.49. The first-order valence-corrected chi connectivity index (χ1v) is 7.95. The van der Waals surface area contributed by atoms with Crippen molar-refractivity contribution in [3.63, 3.8) is 0 Å². The Balaban J connectivity index is 2.00. The first kappa shape index (κ1) is 12.9. The highest BCUT2D eigenvalue weighted by Crippen LogP contribution is 2.23. The Kier molecular flexibility index (Phi) is 4.44. The fourth-order valence-electron chi connectivity index (χ4n) is 1.95. The number of urea groups is 1. The van der Waals surface area contributed by atoms with E-state index in [0.29, 0.717) is 11.6 Å². The van der Waals surface area contributed by atoms with Crippen molar-refractivity contribution in [1.82, 2.24) is 9.80 Å². The van der Waals surface area contributed by atoms with Crippen molar-refractivity contribution in [3.05, 3.63) is 0 Å². The van der Waals surface area contributed by atoms with Crippen molar-refractivity contribution >= 4 is 35.5 Å². The summed E-state index contributed by atoms with van der Waals surface area (Å²) in [5.41, 5.74) is 0. The monoisotopic (exact) mass is 276 g/mol. The van der Waals surface area contributed by atoms with Crippen LogP contribution in [0, 0.1) is 0 Å². The number of amides is 2. The summed E-state index contributed by atoms with van der Waals surface area (Å²) in [5, 5.41) is 9.06. The Labute approximate surface area is 109 Å². The summed E-state index contributed by atoms with van der Waals surface area (Å²) >= 11 is 3.36. The van der Waals surface area contributed by atoms with Crippen LogP contribution in [-0.4, -0.2) is 69.2 Å². The molecule has 2 fully saturated rings. The van der Waals surface area contributed by atoms with E-state index in [1.165, 1.54) is 16.7 Å². The maximum Gasteiger partial charge on any atom is 0.327 e. The third-order valence-corrected chi connectivity index (χ3v) is 4.97. The quantitative estimate of drug-likeness (QED) is 0.774. The van der Waals surface area contributed by atoms with Crippen LogP contribution in [0.15, 0.2) is 0 Å². The summed E-state index contributed by atoms with van der Waals surface area (Å²) in [6.45, 7) is 1.48. The van der Waals surface area contributed by atoms with Crippen LogP contribution in [0.2, 0.25) is 0 Å². The maximum atomic E-state index is 12.2. The maximum absolute atomic E-state index is 12.2. The van der Waals surface area contributed by atoms with E-state index in [0.717, 1.165) is 31.0 Å². The van der Waals surface area contributed by atoms with Crippen molar-refractivity contribution in [2.45, 2.75) is 12.5 Å². The van der Waals surface area contributed by atoms with Crippen molar-refractivity contribution < 1.29 is 14.7 Å². The third kappa shape index (κ3) is 3.01. The summed E-state index contributed by atoms with van der Waals surface area (Å²) in [5.74, 6) is 2.14. The van der Waals surface area contributed by atoms with Gasteiger partial charge >= 0.3 is 12.0 Å². The predicted octanol–water partition coefficient (Wildman–Crippen LogP) is 1.00. The third-order valence-electron chi connectivity index (χ3n) is 2.91. The molecule has 0 aromatic carbocycles. The van der Waals surface area contributed by atoms with Gasteiger partial charge in [0.2, 0.25) is 0 Å². The first-order valence-electron chi connectivity index (χ1n) is 5.64. The highest BCUT2D eigenvalue weighted by atomic mass is 32.2. The highest BCUT2D eigenvalue weighted by molar-refractivity contribution is 7.99. The number of carbonyl (C=O) groups is 2. The van der Waals surface area contributed by atoms with E-state index in [2.05, 4.69) is 0 Å². The van der Waals surface area contributed by atoms with Crippen LogP contribution in [-0.2, 0) is 4.79 Å². The van der Waals surface area contributed by atoms with Crippen LogP contribution < -0.4 is 0 Å². The molecule has 1 N–H and O–H groups in total. The number of hydrogen-bond acceptors (Lipinski definition) is 4. The van der Waals surface area contributed by atoms with Gasteiger partial charge in [-0.25, -0.2) is 9.59 Å². The van der Waals surface area contributed by atoms with Gasteiger partial charge in [-0.2, -0.15) is 11.8 Å². The fraction of sp³-hybridized carbons (Fsp3) is 0.800. The van der Waals surface area contributed by atoms with Gasteiger partial charge in [0, 0.05) is 24.6 Å². The van der Waals surface area contributed by atoms with Crippen molar-refractivity contribution in [2.75, 3.05) is 36.2 Å². The molecule has 2 aliphatic heterocycles. The molecule has 0 aliphatic carbocycles. The van der Waals surface area contributed by atoms with Gasteiger partial charge in [0.1, 0.15) is 6.04 Å². The van der Waals surface area contributed by atoms with E-state index in [1.807, 2.05) is 11.8 Å². The number of hydrogen-bond donors (Lipinski definition) is 1. The second kappa shape index (κ2) is 5.86. The van der Waals surface area contributed by atoms with E-state index in [-0.39, 0.29) is 6.03 Å². The molecule has 0 radical (unpaired) electrons. The topological polar surface area (TPSA) is 60.9 Å². The molecule has 2 amide bonds. The van der Waals surface area contributed by atoms with Gasteiger partial charge in [-0.3, -0.25) is 0 Å². The van der Waals surface area contributed by atoms with Crippen LogP contribution in [0.25, 0.3) is 0 Å². The van der Waals surface area contributed by atoms with Gasteiger partial charge in [0.15, 0.2) is 0 Å². The molecule has 17 heavy (non-hydrogen) atoms. The zero-order valence-electron chi connectivity index (χ0n) is 9.50. The van der Waals surface area contributed by atoms with Crippen molar-refractivity contribution in [3.8, 4) is 0 Å². The Morgan fingerprint density at radius 1 is 1.18 bits per heavy atom. The van der Waals surface area contributed by atoms with E-state index in [9.17, 15) is 9.59 Å². The molecule has 0 spiro atoms. The SMILES string of the molecule is O=C(O)C1CSCN1C(=O)N1CCCSCC1. The standard InChI is InChI=1S/C10H16N2O3S2/c13-9(14)8-6-17-7-12(8)10(15)11-2-1-4-16-5-3-11/h8H,1-7H2,(H,13,14). The van der Waals surface area contributed by atoms with Crippen LogP contribution >= 0.6 is 23.5 Å². The first-order chi connectivity index (χ1) is 8.20. The number of thioether (sulfide) groups is 2. The van der Waals surface area contributed by atoms with Crippen molar-refractivity contribution in [2.24, 2.45) is 0 Å². The molecule has 7 heteroatoms. The van der Waals surface area contributed by atoms with E-state index < -0.39 is 12.0 Å². The average molecular weight is 276 g/mol. The van der Waals surface area contributed by atoms with Gasteiger partial charge in [0.25, 0.3) is 0 Å². The molecular weight excluding hydrogens is 260 g/mol. The van der Waals surface area contributed by atoms with E-state index in [4.69, 9.17) is 5.11 Å². The molecule has 0 aromatic rings. The molecule has 0 bridgehead atoms. The highest BCUT2D eigenvalue weighted by Gasteiger charge is 2.36. The number of carboxylic acid groups (broad SMARTS) is 1. The molecule has 1 atom stereocenters. The molecule has 0 aromatic heterocycles. The smallest absolute Gasteiger partial charge is 0.327 e. The Morgan fingerprint density at radius 3 is 2.76 bits per heavy atom. The molecule has 2 aliphatic rings. The lowest BCUT2D eigenvalue weighted by atomic mass is 10.3. The Bertz CT molecular complexity index is 306. The number of nitrogens with zero attached hydrogens (tertiary/aromatic N) is 2. The number of aliphatic carboxylic acids is 1. The second-order valence-electron chi connectivity index (χ2n) is 4.06. The number of carbonyl (C=O) groups excluding carboxylic acids is 1. The lowest BCUT2D eigenvalue weighted by molar-refractivity contribution is -0.140. The van der Waals surface area contributed by atoms with Gasteiger partial charge in [-0.1, -0.05) is 0 Å². The molecular formula is C10H16N2O3S2. The predicted molar refractivity (Wildman–Crippen MR) is 69.5 cm³/mol. The van der Waals surface area contributed by atoms with E-state index in [1.54, 1.807) is 4.90 Å². The largest absolute Gasteiger partial charge is 0.480 e. The number of carboxylic acids is 1. The molecule has 2 rings (SSSR count). The van der Waals surface area contributed by atoms with Crippen LogP contribution in [0.5, 0.6) is 0 Å². The molecule has 1 unspecified atom stereocenters. The molecule has 0 saturated carbocycles. The summed E-state index contributed by atoms with van der Waals surface area (Å²) < 4.78 is 0. The molecule has 96 valence electrons. The number of rotatable bonds is 1. The Morgan fingerprint density at radius 2 is 2.00 bits per heavy atom. The van der Waals surface area contributed by atoms with Crippen LogP contribution in [0.1, 0.15) is 6.42 Å². The van der Waals surface area contributed by atoms with Gasteiger partial charge in [-0.15, -0.1) is 11.8 Å². The summed E-state index contributed by atoms with van der Waals surface area (Å²) in [7, 11) is 0. The zero-order valence-corrected chi connectivity index (χ0v) is 11.1. The minimum absolute atomic E-state index is 0.107. The Hall–Kier alpha value is -0.560. The fourth-order valence-corrected chi connectivity index (χ4v) is 3.98. The van der Waals surface area contributed by atoms with E-state index >= 15 is 0 Å². The molecule has 2 saturated heterocycles. The molecule has 5 nitrogen and oxygen atoms in total. The zero-order chi connectivity index (χ0) is 12.3. The lowest BCUT2D eigenvalue weighted by Gasteiger charge is -2.28. The van der Waals surface area contributed by atoms with Gasteiger partial charge in [0.05, 0.1) is 5.88 Å². The minimum Gasteiger partial charge on any atom is -0.480 e. The summed E-state index contributed by atoms with van der Waals surface area (Å²) in [6.07, 6.45) is 0.995. The second-order valence-corrected chi connectivity index (χ2v) is 6.28.